The van der Waals surface area contributed by atoms with Crippen molar-refractivity contribution in [3.05, 3.63) is 16.1 Å². The second kappa shape index (κ2) is 3.06. The van der Waals surface area contributed by atoms with Crippen molar-refractivity contribution in [2.45, 2.75) is 6.18 Å². The zero-order valence-electron chi connectivity index (χ0n) is 5.42. The second-order valence-corrected chi connectivity index (χ2v) is 3.09. The van der Waals surface area contributed by atoms with Crippen LogP contribution < -0.4 is 0 Å². The number of hydrogen-bond acceptors (Lipinski definition) is 3. The molecule has 1 aromatic heterocycles. The Morgan fingerprint density at radius 1 is 1.58 bits per heavy atom. The number of aromatic nitrogens is 1. The molecule has 12 heavy (non-hydrogen) atoms. The highest BCUT2D eigenvalue weighted by molar-refractivity contribution is 7.97. The van der Waals surface area contributed by atoms with E-state index in [1.165, 1.54) is 0 Å². The lowest BCUT2D eigenvalue weighted by Gasteiger charge is -2.02. The predicted molar refractivity (Wildman–Crippen MR) is 40.4 cm³/mol. The Kier molecular flexibility index (Phi) is 2.43. The molecular formula is C5H2F3NOS2. The second-order valence-electron chi connectivity index (χ2n) is 1.83. The Balaban J connectivity index is 3.17. The molecule has 2 nitrogen and oxygen atoms in total. The van der Waals surface area contributed by atoms with Crippen molar-refractivity contribution in [1.29, 1.82) is 0 Å². The van der Waals surface area contributed by atoms with Gasteiger partial charge in [-0.25, -0.2) is 4.98 Å². The van der Waals surface area contributed by atoms with E-state index in [0.29, 0.717) is 11.3 Å². The third-order valence-electron chi connectivity index (χ3n) is 1.03. The lowest BCUT2D eigenvalue weighted by atomic mass is 10.4. The summed E-state index contributed by atoms with van der Waals surface area (Å²) in [5, 5.41) is -0.912. The molecule has 0 unspecified atom stereocenters. The van der Waals surface area contributed by atoms with Crippen molar-refractivity contribution >= 4 is 29.1 Å². The summed E-state index contributed by atoms with van der Waals surface area (Å²) in [5.74, 6) is 0. The summed E-state index contributed by atoms with van der Waals surface area (Å²) in [7, 11) is 0. The Morgan fingerprint density at radius 2 is 2.17 bits per heavy atom. The fraction of sp³-hybridized carbons (Fsp3) is 0.200. The number of thiazole rings is 1. The Morgan fingerprint density at radius 3 is 2.50 bits per heavy atom. The molecule has 1 rings (SSSR count). The summed E-state index contributed by atoms with van der Waals surface area (Å²) in [4.78, 5) is 13.1. The quantitative estimate of drug-likeness (QED) is 0.725. The van der Waals surface area contributed by atoms with Crippen LogP contribution in [0.4, 0.5) is 13.2 Å². The molecule has 0 N–H and O–H groups in total. The maximum atomic E-state index is 12.0. The molecule has 0 spiro atoms. The molecule has 0 aromatic carbocycles. The number of carbonyl (C=O) groups excluding carboxylic acids is 1. The fourth-order valence-corrected chi connectivity index (χ4v) is 1.51. The van der Waals surface area contributed by atoms with Gasteiger partial charge in [-0.1, -0.05) is 12.6 Å². The Labute approximate surface area is 74.8 Å². The highest BCUT2D eigenvalue weighted by atomic mass is 32.1. The maximum Gasteiger partial charge on any atom is 0.434 e. The fourth-order valence-electron chi connectivity index (χ4n) is 0.600. The van der Waals surface area contributed by atoms with E-state index in [2.05, 4.69) is 17.6 Å². The topological polar surface area (TPSA) is 30.0 Å². The van der Waals surface area contributed by atoms with Crippen molar-refractivity contribution < 1.29 is 18.0 Å². The molecule has 0 bridgehead atoms. The summed E-state index contributed by atoms with van der Waals surface area (Å²) in [6.45, 7) is 0. The van der Waals surface area contributed by atoms with Crippen LogP contribution in [0.15, 0.2) is 5.51 Å². The lowest BCUT2D eigenvalue weighted by molar-refractivity contribution is -0.141. The average Bonchev–Trinajstić information content (AvgIpc) is 2.30. The first-order valence-corrected chi connectivity index (χ1v) is 3.99. The van der Waals surface area contributed by atoms with Crippen LogP contribution in [-0.2, 0) is 6.18 Å². The molecule has 0 fully saturated rings. The molecule has 0 saturated carbocycles. The molecule has 7 heteroatoms. The van der Waals surface area contributed by atoms with E-state index < -0.39 is 21.9 Å². The lowest BCUT2D eigenvalue weighted by Crippen LogP contribution is -2.09. The van der Waals surface area contributed by atoms with Crippen LogP contribution in [0.2, 0.25) is 0 Å². The minimum atomic E-state index is -4.58. The molecule has 0 aliphatic rings. The summed E-state index contributed by atoms with van der Waals surface area (Å²) in [6.07, 6.45) is -4.58. The number of alkyl halides is 3. The number of rotatable bonds is 1. The van der Waals surface area contributed by atoms with E-state index in [0.717, 1.165) is 5.51 Å². The van der Waals surface area contributed by atoms with Crippen LogP contribution in [-0.4, -0.2) is 10.1 Å². The summed E-state index contributed by atoms with van der Waals surface area (Å²) in [5.41, 5.74) is -0.195. The molecule has 0 aliphatic carbocycles. The first-order chi connectivity index (χ1) is 5.43. The van der Waals surface area contributed by atoms with Gasteiger partial charge in [0, 0.05) is 0 Å². The zero-order valence-corrected chi connectivity index (χ0v) is 7.13. The number of hydrogen-bond donors (Lipinski definition) is 1. The third kappa shape index (κ3) is 1.78. The van der Waals surface area contributed by atoms with Gasteiger partial charge in [-0.05, 0) is 0 Å². The van der Waals surface area contributed by atoms with E-state index >= 15 is 0 Å². The third-order valence-corrected chi connectivity index (χ3v) is 2.23. The van der Waals surface area contributed by atoms with Crippen molar-refractivity contribution in [1.82, 2.24) is 4.98 Å². The first kappa shape index (κ1) is 9.53. The van der Waals surface area contributed by atoms with Gasteiger partial charge in [-0.2, -0.15) is 13.2 Å². The monoisotopic (exact) mass is 213 g/mol. The molecule has 1 aromatic rings. The highest BCUT2D eigenvalue weighted by Gasteiger charge is 2.37. The standard InChI is InChI=1S/C5H2F3NOS2/c6-5(7,8)3-2(4(10)11)12-1-9-3/h1H,(H,10,11). The summed E-state index contributed by atoms with van der Waals surface area (Å²) < 4.78 is 36.0. The minimum absolute atomic E-state index is 0.467. The van der Waals surface area contributed by atoms with Crippen LogP contribution in [0.3, 0.4) is 0 Å². The molecular weight excluding hydrogens is 211 g/mol. The molecule has 1 heterocycles. The molecule has 0 saturated heterocycles. The SMILES string of the molecule is O=C(S)c1scnc1C(F)(F)F. The first-order valence-electron chi connectivity index (χ1n) is 2.67. The van der Waals surface area contributed by atoms with Crippen molar-refractivity contribution in [3.8, 4) is 0 Å². The predicted octanol–water partition coefficient (Wildman–Crippen LogP) is 2.23. The van der Waals surface area contributed by atoms with Gasteiger partial charge in [0.05, 0.1) is 5.51 Å². The zero-order chi connectivity index (χ0) is 9.35. The van der Waals surface area contributed by atoms with Gasteiger partial charge in [-0.3, -0.25) is 4.79 Å². The van der Waals surface area contributed by atoms with E-state index in [4.69, 9.17) is 0 Å². The van der Waals surface area contributed by atoms with Crippen molar-refractivity contribution in [2.24, 2.45) is 0 Å². The van der Waals surface area contributed by atoms with Crippen molar-refractivity contribution in [3.63, 3.8) is 0 Å². The van der Waals surface area contributed by atoms with Crippen LogP contribution in [0.25, 0.3) is 0 Å². The van der Waals surface area contributed by atoms with Gasteiger partial charge < -0.3 is 0 Å². The molecule has 0 radical (unpaired) electrons. The highest BCUT2D eigenvalue weighted by Crippen LogP contribution is 2.33. The molecule has 0 atom stereocenters. The maximum absolute atomic E-state index is 12.0. The van der Waals surface area contributed by atoms with E-state index in [-0.39, 0.29) is 0 Å². The van der Waals surface area contributed by atoms with Gasteiger partial charge in [0.2, 0.25) is 5.12 Å². The van der Waals surface area contributed by atoms with Gasteiger partial charge in [0.25, 0.3) is 0 Å². The van der Waals surface area contributed by atoms with Gasteiger partial charge in [0.1, 0.15) is 4.88 Å². The number of nitrogens with zero attached hydrogens (tertiary/aromatic N) is 1. The Hall–Kier alpha value is -0.560. The van der Waals surface area contributed by atoms with Crippen molar-refractivity contribution in [2.75, 3.05) is 0 Å². The number of thiol groups is 1. The van der Waals surface area contributed by atoms with E-state index in [1.54, 1.807) is 0 Å². The summed E-state index contributed by atoms with van der Waals surface area (Å²) in [6, 6.07) is 0. The molecule has 0 amide bonds. The van der Waals surface area contributed by atoms with Gasteiger partial charge >= 0.3 is 6.18 Å². The van der Waals surface area contributed by atoms with Crippen LogP contribution in [0, 0.1) is 0 Å². The molecule has 66 valence electrons. The average molecular weight is 213 g/mol. The largest absolute Gasteiger partial charge is 0.434 e. The van der Waals surface area contributed by atoms with Gasteiger partial charge in [0.15, 0.2) is 5.69 Å². The van der Waals surface area contributed by atoms with E-state index in [9.17, 15) is 18.0 Å². The smallest absolute Gasteiger partial charge is 0.281 e. The minimum Gasteiger partial charge on any atom is -0.281 e. The normalized spacial score (nSPS) is 11.7. The Bertz CT molecular complexity index is 306. The number of halogens is 3. The molecule has 0 aliphatic heterocycles. The van der Waals surface area contributed by atoms with Crippen LogP contribution >= 0.6 is 24.0 Å². The number of carbonyl (C=O) groups is 1. The van der Waals surface area contributed by atoms with Gasteiger partial charge in [-0.15, -0.1) is 11.3 Å². The van der Waals surface area contributed by atoms with Crippen LogP contribution in [0.1, 0.15) is 15.4 Å². The van der Waals surface area contributed by atoms with E-state index in [1.807, 2.05) is 0 Å². The summed E-state index contributed by atoms with van der Waals surface area (Å²) >= 11 is 3.91. The van der Waals surface area contributed by atoms with Crippen LogP contribution in [0.5, 0.6) is 0 Å².